The predicted molar refractivity (Wildman–Crippen MR) is 76.7 cm³/mol. The van der Waals surface area contributed by atoms with E-state index in [1.165, 1.54) is 19.1 Å². The summed E-state index contributed by atoms with van der Waals surface area (Å²) in [6.45, 7) is 1.39. The lowest BCUT2D eigenvalue weighted by Crippen LogP contribution is -2.14. The third-order valence-electron chi connectivity index (χ3n) is 2.80. The lowest BCUT2D eigenvalue weighted by molar-refractivity contribution is 0.101. The van der Waals surface area contributed by atoms with E-state index in [0.29, 0.717) is 5.69 Å². The van der Waals surface area contributed by atoms with Crippen LogP contribution in [0.1, 0.15) is 22.8 Å². The highest BCUT2D eigenvalue weighted by Gasteiger charge is 2.10. The Balaban J connectivity index is 1.97. The van der Waals surface area contributed by atoms with Gasteiger partial charge < -0.3 is 4.74 Å². The van der Waals surface area contributed by atoms with Crippen LogP contribution in [-0.4, -0.2) is 11.9 Å². The largest absolute Gasteiger partial charge is 0.444 e. The van der Waals surface area contributed by atoms with E-state index in [1.807, 2.05) is 30.3 Å². The van der Waals surface area contributed by atoms with Crippen LogP contribution in [0.5, 0.6) is 0 Å². The first-order valence-corrected chi connectivity index (χ1v) is 6.34. The quantitative estimate of drug-likeness (QED) is 0.871. The molecule has 2 aromatic rings. The minimum atomic E-state index is -0.667. The Bertz CT molecular complexity index is 656. The normalized spacial score (nSPS) is 10.0. The molecular formula is C16H14FNO3. The Morgan fingerprint density at radius 3 is 2.52 bits per heavy atom. The van der Waals surface area contributed by atoms with E-state index in [-0.39, 0.29) is 12.2 Å². The molecule has 0 bridgehead atoms. The summed E-state index contributed by atoms with van der Waals surface area (Å²) in [5, 5.41) is 2.45. The first-order valence-electron chi connectivity index (χ1n) is 6.34. The molecule has 1 amide bonds. The van der Waals surface area contributed by atoms with Gasteiger partial charge in [0.05, 0.1) is 5.56 Å². The number of Topliss-reactive ketones (excluding diaryl/α,β-unsaturated/α-hetero) is 1. The minimum absolute atomic E-state index is 0.0733. The van der Waals surface area contributed by atoms with Crippen molar-refractivity contribution in [1.29, 1.82) is 0 Å². The van der Waals surface area contributed by atoms with Gasteiger partial charge in [0.2, 0.25) is 0 Å². The summed E-state index contributed by atoms with van der Waals surface area (Å²) in [7, 11) is 0. The zero-order valence-corrected chi connectivity index (χ0v) is 11.4. The van der Waals surface area contributed by atoms with Gasteiger partial charge in [0.1, 0.15) is 12.4 Å². The standard InChI is InChI=1S/C16H14FNO3/c1-11(19)14-9-13(7-8-15(14)17)18-16(20)21-10-12-5-3-2-4-6-12/h2-9H,10H2,1H3,(H,18,20). The smallest absolute Gasteiger partial charge is 0.411 e. The molecule has 21 heavy (non-hydrogen) atoms. The molecule has 5 heteroatoms. The fraction of sp³-hybridized carbons (Fsp3) is 0.125. The van der Waals surface area contributed by atoms with Crippen molar-refractivity contribution < 1.29 is 18.7 Å². The SMILES string of the molecule is CC(=O)c1cc(NC(=O)OCc2ccccc2)ccc1F. The fourth-order valence-corrected chi connectivity index (χ4v) is 1.75. The van der Waals surface area contributed by atoms with Gasteiger partial charge in [-0.2, -0.15) is 0 Å². The van der Waals surface area contributed by atoms with Crippen LogP contribution in [-0.2, 0) is 11.3 Å². The molecule has 0 aliphatic heterocycles. The van der Waals surface area contributed by atoms with Crippen LogP contribution in [0.15, 0.2) is 48.5 Å². The number of hydrogen-bond acceptors (Lipinski definition) is 3. The summed E-state index contributed by atoms with van der Waals surface area (Å²) in [5.41, 5.74) is 1.09. The van der Waals surface area contributed by atoms with Crippen LogP contribution in [0.3, 0.4) is 0 Å². The van der Waals surface area contributed by atoms with Gasteiger partial charge in [-0.25, -0.2) is 9.18 Å². The van der Waals surface area contributed by atoms with Crippen LogP contribution in [0.4, 0.5) is 14.9 Å². The van der Waals surface area contributed by atoms with Crippen molar-refractivity contribution in [3.63, 3.8) is 0 Å². The number of ketones is 1. The van der Waals surface area contributed by atoms with Crippen molar-refractivity contribution in [2.24, 2.45) is 0 Å². The van der Waals surface area contributed by atoms with E-state index in [0.717, 1.165) is 11.6 Å². The molecule has 0 heterocycles. The summed E-state index contributed by atoms with van der Waals surface area (Å²) in [6, 6.07) is 13.0. The van der Waals surface area contributed by atoms with Crippen molar-refractivity contribution in [2.45, 2.75) is 13.5 Å². The van der Waals surface area contributed by atoms with Crippen molar-refractivity contribution >= 4 is 17.6 Å². The second-order valence-electron chi connectivity index (χ2n) is 4.44. The number of ether oxygens (including phenoxy) is 1. The lowest BCUT2D eigenvalue weighted by atomic mass is 10.1. The fourth-order valence-electron chi connectivity index (χ4n) is 1.75. The van der Waals surface area contributed by atoms with Crippen molar-refractivity contribution in [3.8, 4) is 0 Å². The summed E-state index contributed by atoms with van der Waals surface area (Å²) in [4.78, 5) is 22.9. The summed E-state index contributed by atoms with van der Waals surface area (Å²) < 4.78 is 18.4. The molecule has 0 aromatic heterocycles. The second kappa shape index (κ2) is 6.65. The molecule has 0 atom stereocenters. The monoisotopic (exact) mass is 287 g/mol. The molecule has 0 unspecified atom stereocenters. The Labute approximate surface area is 121 Å². The van der Waals surface area contributed by atoms with Gasteiger partial charge in [-0.3, -0.25) is 10.1 Å². The molecule has 0 fully saturated rings. The highest BCUT2D eigenvalue weighted by atomic mass is 19.1. The van der Waals surface area contributed by atoms with Crippen LogP contribution in [0, 0.1) is 5.82 Å². The van der Waals surface area contributed by atoms with E-state index in [9.17, 15) is 14.0 Å². The number of benzene rings is 2. The maximum absolute atomic E-state index is 13.4. The molecule has 0 radical (unpaired) electrons. The molecule has 0 aliphatic carbocycles. The summed E-state index contributed by atoms with van der Waals surface area (Å²) in [5.74, 6) is -1.03. The molecule has 108 valence electrons. The van der Waals surface area contributed by atoms with E-state index < -0.39 is 17.7 Å². The number of rotatable bonds is 4. The molecule has 0 saturated heterocycles. The molecule has 4 nitrogen and oxygen atoms in total. The molecular weight excluding hydrogens is 273 g/mol. The van der Waals surface area contributed by atoms with Crippen molar-refractivity contribution in [2.75, 3.05) is 5.32 Å². The Morgan fingerprint density at radius 2 is 1.86 bits per heavy atom. The first-order chi connectivity index (χ1) is 10.1. The molecule has 0 spiro atoms. The maximum atomic E-state index is 13.4. The highest BCUT2D eigenvalue weighted by Crippen LogP contribution is 2.15. The minimum Gasteiger partial charge on any atom is -0.444 e. The van der Waals surface area contributed by atoms with Gasteiger partial charge in [-0.15, -0.1) is 0 Å². The topological polar surface area (TPSA) is 55.4 Å². The van der Waals surface area contributed by atoms with Gasteiger partial charge >= 0.3 is 6.09 Å². The Hall–Kier alpha value is -2.69. The average Bonchev–Trinajstić information content (AvgIpc) is 2.48. The molecule has 0 aliphatic rings. The summed E-state index contributed by atoms with van der Waals surface area (Å²) in [6.07, 6.45) is -0.667. The number of hydrogen-bond donors (Lipinski definition) is 1. The number of carbonyl (C=O) groups excluding carboxylic acids is 2. The number of carbonyl (C=O) groups is 2. The third-order valence-corrected chi connectivity index (χ3v) is 2.80. The molecule has 2 rings (SSSR count). The maximum Gasteiger partial charge on any atom is 0.411 e. The van der Waals surface area contributed by atoms with Crippen molar-refractivity contribution in [1.82, 2.24) is 0 Å². The summed E-state index contributed by atoms with van der Waals surface area (Å²) >= 11 is 0. The van der Waals surface area contributed by atoms with E-state index in [1.54, 1.807) is 0 Å². The van der Waals surface area contributed by atoms with E-state index >= 15 is 0 Å². The molecule has 1 N–H and O–H groups in total. The van der Waals surface area contributed by atoms with Gasteiger partial charge in [-0.1, -0.05) is 30.3 Å². The van der Waals surface area contributed by atoms with Gasteiger partial charge in [-0.05, 0) is 30.7 Å². The van der Waals surface area contributed by atoms with E-state index in [2.05, 4.69) is 5.32 Å². The third kappa shape index (κ3) is 4.14. The second-order valence-corrected chi connectivity index (χ2v) is 4.44. The van der Waals surface area contributed by atoms with Crippen LogP contribution >= 0.6 is 0 Å². The first kappa shape index (κ1) is 14.7. The number of amides is 1. The van der Waals surface area contributed by atoms with Crippen LogP contribution in [0.25, 0.3) is 0 Å². The van der Waals surface area contributed by atoms with E-state index in [4.69, 9.17) is 4.74 Å². The zero-order chi connectivity index (χ0) is 15.2. The zero-order valence-electron chi connectivity index (χ0n) is 11.4. The van der Waals surface area contributed by atoms with Gasteiger partial charge in [0, 0.05) is 5.69 Å². The van der Waals surface area contributed by atoms with Crippen LogP contribution in [0.2, 0.25) is 0 Å². The average molecular weight is 287 g/mol. The highest BCUT2D eigenvalue weighted by molar-refractivity contribution is 5.96. The molecule has 2 aromatic carbocycles. The number of nitrogens with one attached hydrogen (secondary N) is 1. The molecule has 0 saturated carbocycles. The predicted octanol–water partition coefficient (Wildman–Crippen LogP) is 3.78. The number of anilines is 1. The Kier molecular flexibility index (Phi) is 4.66. The van der Waals surface area contributed by atoms with Crippen LogP contribution < -0.4 is 5.32 Å². The lowest BCUT2D eigenvalue weighted by Gasteiger charge is -2.08. The number of halogens is 1. The van der Waals surface area contributed by atoms with Crippen molar-refractivity contribution in [3.05, 3.63) is 65.5 Å². The van der Waals surface area contributed by atoms with Gasteiger partial charge in [0.15, 0.2) is 5.78 Å². The van der Waals surface area contributed by atoms with Gasteiger partial charge in [0.25, 0.3) is 0 Å². The Morgan fingerprint density at radius 1 is 1.14 bits per heavy atom.